The number of pyridine rings is 1. The van der Waals surface area contributed by atoms with Crippen molar-refractivity contribution in [1.82, 2.24) is 9.88 Å². The third-order valence-corrected chi connectivity index (χ3v) is 1.76. The van der Waals surface area contributed by atoms with Crippen molar-refractivity contribution in [3.63, 3.8) is 0 Å². The normalized spacial score (nSPS) is 9.86. The molecule has 0 bridgehead atoms. The van der Waals surface area contributed by atoms with Gasteiger partial charge >= 0.3 is 0 Å². The van der Waals surface area contributed by atoms with Crippen molar-refractivity contribution in [2.45, 2.75) is 6.54 Å². The first-order valence-corrected chi connectivity index (χ1v) is 4.31. The quantitative estimate of drug-likeness (QED) is 0.667. The van der Waals surface area contributed by atoms with E-state index in [1.54, 1.807) is 13.2 Å². The van der Waals surface area contributed by atoms with Crippen molar-refractivity contribution in [3.05, 3.63) is 23.9 Å². The molecule has 0 spiro atoms. The molecule has 0 N–H and O–H groups in total. The fourth-order valence-electron chi connectivity index (χ4n) is 1.11. The number of nitrogens with zero attached hydrogens (tertiary/aromatic N) is 3. The molecule has 0 unspecified atom stereocenters. The summed E-state index contributed by atoms with van der Waals surface area (Å²) in [6.45, 7) is 1.06. The van der Waals surface area contributed by atoms with Gasteiger partial charge in [0, 0.05) is 12.6 Å². The zero-order valence-corrected chi connectivity index (χ0v) is 8.40. The minimum absolute atomic E-state index is 0.402. The van der Waals surface area contributed by atoms with Crippen LogP contribution in [-0.4, -0.2) is 30.6 Å². The van der Waals surface area contributed by atoms with Crippen LogP contribution in [0.5, 0.6) is 5.88 Å². The summed E-state index contributed by atoms with van der Waals surface area (Å²) < 4.78 is 5.00. The summed E-state index contributed by atoms with van der Waals surface area (Å²) >= 11 is 0. The highest BCUT2D eigenvalue weighted by molar-refractivity contribution is 5.15. The molecule has 0 aliphatic heterocycles. The maximum absolute atomic E-state index is 8.48. The number of nitriles is 1. The van der Waals surface area contributed by atoms with Crippen LogP contribution in [0.4, 0.5) is 0 Å². The lowest BCUT2D eigenvalue weighted by Gasteiger charge is -2.11. The monoisotopic (exact) mass is 191 g/mol. The zero-order valence-electron chi connectivity index (χ0n) is 8.40. The van der Waals surface area contributed by atoms with E-state index >= 15 is 0 Å². The average molecular weight is 191 g/mol. The Bertz CT molecular complexity index is 332. The molecule has 1 heterocycles. The van der Waals surface area contributed by atoms with Crippen LogP contribution in [0.2, 0.25) is 0 Å². The SMILES string of the molecule is COc1cccc(CN(C)CC#N)n1. The molecule has 0 aliphatic carbocycles. The van der Waals surface area contributed by atoms with Crippen LogP contribution in [0, 0.1) is 11.3 Å². The van der Waals surface area contributed by atoms with Crippen LogP contribution in [0.25, 0.3) is 0 Å². The summed E-state index contributed by atoms with van der Waals surface area (Å²) in [6, 6.07) is 7.69. The molecule has 0 saturated heterocycles. The summed E-state index contributed by atoms with van der Waals surface area (Å²) in [5.74, 6) is 0.604. The Morgan fingerprint density at radius 2 is 2.36 bits per heavy atom. The van der Waals surface area contributed by atoms with Crippen LogP contribution in [-0.2, 0) is 6.54 Å². The van der Waals surface area contributed by atoms with Gasteiger partial charge in [0.05, 0.1) is 25.4 Å². The highest BCUT2D eigenvalue weighted by Gasteiger charge is 2.01. The van der Waals surface area contributed by atoms with Crippen LogP contribution >= 0.6 is 0 Å². The summed E-state index contributed by atoms with van der Waals surface area (Å²) in [6.07, 6.45) is 0. The smallest absolute Gasteiger partial charge is 0.213 e. The van der Waals surface area contributed by atoms with E-state index in [1.807, 2.05) is 24.1 Å². The predicted octanol–water partition coefficient (Wildman–Crippen LogP) is 1.05. The first-order valence-electron chi connectivity index (χ1n) is 4.31. The second-order valence-corrected chi connectivity index (χ2v) is 3.00. The van der Waals surface area contributed by atoms with Gasteiger partial charge in [0.2, 0.25) is 5.88 Å². The number of hydrogen-bond donors (Lipinski definition) is 0. The van der Waals surface area contributed by atoms with Gasteiger partial charge in [0.15, 0.2) is 0 Å². The Balaban J connectivity index is 2.63. The average Bonchev–Trinajstić information content (AvgIpc) is 2.18. The molecule has 4 heteroatoms. The fourth-order valence-corrected chi connectivity index (χ4v) is 1.11. The molecule has 0 atom stereocenters. The molecule has 0 radical (unpaired) electrons. The van der Waals surface area contributed by atoms with Crippen LogP contribution in [0.15, 0.2) is 18.2 Å². The Kier molecular flexibility index (Phi) is 3.89. The third-order valence-electron chi connectivity index (χ3n) is 1.76. The van der Waals surface area contributed by atoms with Crippen molar-refractivity contribution in [3.8, 4) is 11.9 Å². The van der Waals surface area contributed by atoms with E-state index in [1.165, 1.54) is 0 Å². The molecule has 1 rings (SSSR count). The van der Waals surface area contributed by atoms with Crippen LogP contribution < -0.4 is 4.74 Å². The molecule has 1 aromatic heterocycles. The van der Waals surface area contributed by atoms with Gasteiger partial charge in [-0.2, -0.15) is 5.26 Å². The minimum Gasteiger partial charge on any atom is -0.481 e. The van der Waals surface area contributed by atoms with Gasteiger partial charge in [-0.3, -0.25) is 4.90 Å². The lowest BCUT2D eigenvalue weighted by atomic mass is 10.3. The number of hydrogen-bond acceptors (Lipinski definition) is 4. The number of methoxy groups -OCH3 is 1. The third kappa shape index (κ3) is 3.04. The number of aromatic nitrogens is 1. The Morgan fingerprint density at radius 1 is 1.57 bits per heavy atom. The highest BCUT2D eigenvalue weighted by atomic mass is 16.5. The first-order chi connectivity index (χ1) is 6.76. The second kappa shape index (κ2) is 5.20. The molecule has 0 aromatic carbocycles. The fraction of sp³-hybridized carbons (Fsp3) is 0.400. The molecule has 0 fully saturated rings. The van der Waals surface area contributed by atoms with Crippen LogP contribution in [0.1, 0.15) is 5.69 Å². The topological polar surface area (TPSA) is 49.1 Å². The lowest BCUT2D eigenvalue weighted by Crippen LogP contribution is -2.18. The van der Waals surface area contributed by atoms with Gasteiger partial charge in [-0.1, -0.05) is 6.07 Å². The highest BCUT2D eigenvalue weighted by Crippen LogP contribution is 2.07. The van der Waals surface area contributed by atoms with Crippen LogP contribution in [0.3, 0.4) is 0 Å². The minimum atomic E-state index is 0.402. The number of rotatable bonds is 4. The maximum Gasteiger partial charge on any atom is 0.213 e. The largest absolute Gasteiger partial charge is 0.481 e. The Morgan fingerprint density at radius 3 is 3.00 bits per heavy atom. The molecule has 74 valence electrons. The van der Waals surface area contributed by atoms with Gasteiger partial charge in [0.25, 0.3) is 0 Å². The molecule has 4 nitrogen and oxygen atoms in total. The molecule has 14 heavy (non-hydrogen) atoms. The molecule has 0 saturated carbocycles. The van der Waals surface area contributed by atoms with Gasteiger partial charge in [0.1, 0.15) is 0 Å². The molecule has 0 amide bonds. The van der Waals surface area contributed by atoms with Crippen molar-refractivity contribution < 1.29 is 4.74 Å². The van der Waals surface area contributed by atoms with Crippen molar-refractivity contribution in [2.75, 3.05) is 20.7 Å². The Hall–Kier alpha value is -1.60. The van der Waals surface area contributed by atoms with E-state index in [0.29, 0.717) is 19.0 Å². The van der Waals surface area contributed by atoms with E-state index in [4.69, 9.17) is 10.00 Å². The standard InChI is InChI=1S/C10H13N3O/c1-13(7-6-11)8-9-4-3-5-10(12-9)14-2/h3-5H,7-8H2,1-2H3. The maximum atomic E-state index is 8.48. The second-order valence-electron chi connectivity index (χ2n) is 3.00. The van der Waals surface area contributed by atoms with Crippen molar-refractivity contribution >= 4 is 0 Å². The van der Waals surface area contributed by atoms with Gasteiger partial charge < -0.3 is 4.74 Å². The molecular weight excluding hydrogens is 178 g/mol. The molecule has 0 aliphatic rings. The van der Waals surface area contributed by atoms with Gasteiger partial charge in [-0.25, -0.2) is 4.98 Å². The Labute approximate surface area is 83.7 Å². The number of ether oxygens (including phenoxy) is 1. The van der Waals surface area contributed by atoms with E-state index in [2.05, 4.69) is 11.1 Å². The van der Waals surface area contributed by atoms with Gasteiger partial charge in [-0.05, 0) is 13.1 Å². The summed E-state index contributed by atoms with van der Waals surface area (Å²) in [7, 11) is 3.47. The zero-order chi connectivity index (χ0) is 10.4. The van der Waals surface area contributed by atoms with E-state index in [9.17, 15) is 0 Å². The van der Waals surface area contributed by atoms with Gasteiger partial charge in [-0.15, -0.1) is 0 Å². The summed E-state index contributed by atoms with van der Waals surface area (Å²) in [5, 5.41) is 8.48. The first kappa shape index (κ1) is 10.5. The molecular formula is C10H13N3O. The van der Waals surface area contributed by atoms with Crippen molar-refractivity contribution in [1.29, 1.82) is 5.26 Å². The van der Waals surface area contributed by atoms with E-state index < -0.39 is 0 Å². The molecule has 1 aromatic rings. The summed E-state index contributed by atoms with van der Waals surface area (Å²) in [5.41, 5.74) is 0.905. The van der Waals surface area contributed by atoms with E-state index in [-0.39, 0.29) is 0 Å². The lowest BCUT2D eigenvalue weighted by molar-refractivity contribution is 0.354. The van der Waals surface area contributed by atoms with Crippen molar-refractivity contribution in [2.24, 2.45) is 0 Å². The predicted molar refractivity (Wildman–Crippen MR) is 52.7 cm³/mol. The van der Waals surface area contributed by atoms with E-state index in [0.717, 1.165) is 5.69 Å². The summed E-state index contributed by atoms with van der Waals surface area (Å²) in [4.78, 5) is 6.13.